The first kappa shape index (κ1) is 33.0. The molecule has 3 aromatic carbocycles. The molecule has 0 saturated carbocycles. The zero-order valence-corrected chi connectivity index (χ0v) is 26.1. The summed E-state index contributed by atoms with van der Waals surface area (Å²) in [6.45, 7) is 13.1. The Bertz CT molecular complexity index is 1250. The molecule has 1 unspecified atom stereocenters. The second-order valence-corrected chi connectivity index (χ2v) is 12.4. The fourth-order valence-electron chi connectivity index (χ4n) is 5.04. The first-order valence-corrected chi connectivity index (χ1v) is 15.0. The molecule has 0 amide bonds. The molecule has 0 aliphatic heterocycles. The van der Waals surface area contributed by atoms with Gasteiger partial charge in [-0.15, -0.1) is 0 Å². The third kappa shape index (κ3) is 9.53. The summed E-state index contributed by atoms with van der Waals surface area (Å²) in [5, 5.41) is 11.4. The lowest BCUT2D eigenvalue weighted by atomic mass is 9.88. The number of aliphatic hydroxyl groups is 1. The Morgan fingerprint density at radius 1 is 0.714 bits per heavy atom. The van der Waals surface area contributed by atoms with E-state index < -0.39 is 22.9 Å². The lowest BCUT2D eigenvalue weighted by Gasteiger charge is -2.27. The SMILES string of the molecule is CCCC(C)(C)C(=O)Oc1ccc(C(O)CN(Cc2ccccc2)Cc2ccccc2)cc1OC(=O)C(C)(C)CCC. The normalized spacial score (nSPS) is 12.7. The van der Waals surface area contributed by atoms with Crippen molar-refractivity contribution in [1.82, 2.24) is 4.90 Å². The summed E-state index contributed by atoms with van der Waals surface area (Å²) < 4.78 is 11.7. The van der Waals surface area contributed by atoms with Crippen molar-refractivity contribution in [2.45, 2.75) is 86.4 Å². The molecule has 0 aliphatic carbocycles. The Morgan fingerprint density at radius 3 is 1.62 bits per heavy atom. The number of hydrogen-bond acceptors (Lipinski definition) is 6. The van der Waals surface area contributed by atoms with Gasteiger partial charge in [0.05, 0.1) is 16.9 Å². The maximum absolute atomic E-state index is 13.2. The fourth-order valence-corrected chi connectivity index (χ4v) is 5.04. The van der Waals surface area contributed by atoms with Crippen LogP contribution in [0.15, 0.2) is 78.9 Å². The van der Waals surface area contributed by atoms with Crippen LogP contribution in [0.1, 0.15) is 90.0 Å². The minimum atomic E-state index is -0.875. The van der Waals surface area contributed by atoms with Crippen LogP contribution in [0.25, 0.3) is 0 Å². The summed E-state index contributed by atoms with van der Waals surface area (Å²) in [5.41, 5.74) is 1.46. The number of hydrogen-bond donors (Lipinski definition) is 1. The molecule has 6 heteroatoms. The van der Waals surface area contributed by atoms with E-state index in [0.717, 1.165) is 24.0 Å². The van der Waals surface area contributed by atoms with Crippen LogP contribution in [0, 0.1) is 10.8 Å². The van der Waals surface area contributed by atoms with Gasteiger partial charge in [-0.2, -0.15) is 0 Å². The molecule has 0 saturated heterocycles. The number of ether oxygens (including phenoxy) is 2. The summed E-state index contributed by atoms with van der Waals surface area (Å²) >= 11 is 0. The summed E-state index contributed by atoms with van der Waals surface area (Å²) in [4.78, 5) is 28.4. The van der Waals surface area contributed by atoms with E-state index >= 15 is 0 Å². The van der Waals surface area contributed by atoms with Crippen molar-refractivity contribution in [1.29, 1.82) is 0 Å². The minimum Gasteiger partial charge on any atom is -0.422 e. The van der Waals surface area contributed by atoms with Crippen molar-refractivity contribution in [2.75, 3.05) is 6.54 Å². The number of nitrogens with zero attached hydrogens (tertiary/aromatic N) is 1. The van der Waals surface area contributed by atoms with Gasteiger partial charge in [-0.3, -0.25) is 14.5 Å². The standard InChI is InChI=1S/C36H47NO5/c1-7-21-35(3,4)33(39)41-31-20-19-29(23-32(31)42-34(40)36(5,6)22-8-2)30(38)26-37(24-27-15-11-9-12-16-27)25-28-17-13-10-14-18-28/h9-20,23,30,38H,7-8,21-22,24-26H2,1-6H3. The first-order valence-electron chi connectivity index (χ1n) is 15.0. The Morgan fingerprint density at radius 2 is 1.17 bits per heavy atom. The Labute approximate surface area is 251 Å². The molecule has 0 radical (unpaired) electrons. The summed E-state index contributed by atoms with van der Waals surface area (Å²) in [6, 6.07) is 25.3. The van der Waals surface area contributed by atoms with Crippen LogP contribution in [0.4, 0.5) is 0 Å². The number of rotatable bonds is 15. The van der Waals surface area contributed by atoms with Crippen LogP contribution >= 0.6 is 0 Å². The van der Waals surface area contributed by atoms with E-state index in [4.69, 9.17) is 9.47 Å². The minimum absolute atomic E-state index is 0.138. The second kappa shape index (κ2) is 15.1. The topological polar surface area (TPSA) is 76.1 Å². The quantitative estimate of drug-likeness (QED) is 0.147. The first-order chi connectivity index (χ1) is 19.9. The number of carbonyl (C=O) groups excluding carboxylic acids is 2. The molecule has 3 rings (SSSR count). The van der Waals surface area contributed by atoms with Crippen molar-refractivity contribution in [2.24, 2.45) is 10.8 Å². The molecule has 0 spiro atoms. The smallest absolute Gasteiger partial charge is 0.317 e. The summed E-state index contributed by atoms with van der Waals surface area (Å²) in [7, 11) is 0. The van der Waals surface area contributed by atoms with Gasteiger partial charge in [0.2, 0.25) is 0 Å². The van der Waals surface area contributed by atoms with E-state index in [1.165, 1.54) is 0 Å². The predicted octanol–water partition coefficient (Wildman–Crippen LogP) is 7.89. The number of carbonyl (C=O) groups is 2. The Kier molecular flexibility index (Phi) is 11.9. The zero-order valence-electron chi connectivity index (χ0n) is 26.1. The molecular formula is C36H47NO5. The van der Waals surface area contributed by atoms with Gasteiger partial charge in [0.1, 0.15) is 0 Å². The van der Waals surface area contributed by atoms with E-state index in [1.54, 1.807) is 18.2 Å². The molecular weight excluding hydrogens is 526 g/mol. The van der Waals surface area contributed by atoms with Crippen molar-refractivity contribution < 1.29 is 24.2 Å². The number of aliphatic hydroxyl groups excluding tert-OH is 1. The molecule has 226 valence electrons. The van der Waals surface area contributed by atoms with Gasteiger partial charge in [-0.25, -0.2) is 0 Å². The van der Waals surface area contributed by atoms with Gasteiger partial charge in [-0.1, -0.05) is 93.4 Å². The van der Waals surface area contributed by atoms with E-state index in [0.29, 0.717) is 38.0 Å². The van der Waals surface area contributed by atoms with Crippen molar-refractivity contribution >= 4 is 11.9 Å². The molecule has 0 bridgehead atoms. The Balaban J connectivity index is 1.90. The fraction of sp³-hybridized carbons (Fsp3) is 0.444. The van der Waals surface area contributed by atoms with Crippen LogP contribution in [0.3, 0.4) is 0 Å². The predicted molar refractivity (Wildman–Crippen MR) is 167 cm³/mol. The van der Waals surface area contributed by atoms with Crippen molar-refractivity contribution in [3.05, 3.63) is 95.6 Å². The molecule has 0 fully saturated rings. The van der Waals surface area contributed by atoms with Gasteiger partial charge in [0, 0.05) is 19.6 Å². The maximum atomic E-state index is 13.2. The molecule has 0 aromatic heterocycles. The van der Waals surface area contributed by atoms with Gasteiger partial charge in [-0.05, 0) is 69.4 Å². The average Bonchev–Trinajstić information content (AvgIpc) is 2.94. The highest BCUT2D eigenvalue weighted by Crippen LogP contribution is 2.36. The second-order valence-electron chi connectivity index (χ2n) is 12.4. The van der Waals surface area contributed by atoms with E-state index in [1.807, 2.05) is 77.9 Å². The summed E-state index contributed by atoms with van der Waals surface area (Å²) in [5.74, 6) is -0.485. The van der Waals surface area contributed by atoms with Crippen LogP contribution in [0.5, 0.6) is 11.5 Å². The molecule has 3 aromatic rings. The number of esters is 2. The van der Waals surface area contributed by atoms with Crippen molar-refractivity contribution in [3.63, 3.8) is 0 Å². The van der Waals surface area contributed by atoms with Crippen LogP contribution in [0.2, 0.25) is 0 Å². The lowest BCUT2D eigenvalue weighted by Crippen LogP contribution is -2.31. The van der Waals surface area contributed by atoms with Crippen LogP contribution < -0.4 is 9.47 Å². The van der Waals surface area contributed by atoms with E-state index in [-0.39, 0.29) is 17.5 Å². The highest BCUT2D eigenvalue weighted by molar-refractivity contribution is 5.81. The monoisotopic (exact) mass is 573 g/mol. The highest BCUT2D eigenvalue weighted by Gasteiger charge is 2.32. The summed E-state index contributed by atoms with van der Waals surface area (Å²) in [6.07, 6.45) is 2.11. The zero-order chi connectivity index (χ0) is 30.8. The van der Waals surface area contributed by atoms with E-state index in [2.05, 4.69) is 29.2 Å². The third-order valence-electron chi connectivity index (χ3n) is 7.54. The lowest BCUT2D eigenvalue weighted by molar-refractivity contribution is -0.147. The van der Waals surface area contributed by atoms with Crippen molar-refractivity contribution in [3.8, 4) is 11.5 Å². The van der Waals surface area contributed by atoms with Crippen LogP contribution in [-0.4, -0.2) is 28.5 Å². The largest absolute Gasteiger partial charge is 0.422 e. The average molecular weight is 574 g/mol. The maximum Gasteiger partial charge on any atom is 0.317 e. The molecule has 0 heterocycles. The van der Waals surface area contributed by atoms with Gasteiger partial charge < -0.3 is 14.6 Å². The van der Waals surface area contributed by atoms with Gasteiger partial charge in [0.15, 0.2) is 11.5 Å². The molecule has 6 nitrogen and oxygen atoms in total. The van der Waals surface area contributed by atoms with Crippen LogP contribution in [-0.2, 0) is 22.7 Å². The molecule has 0 aliphatic rings. The van der Waals surface area contributed by atoms with Gasteiger partial charge >= 0.3 is 11.9 Å². The Hall–Kier alpha value is -3.48. The van der Waals surface area contributed by atoms with Gasteiger partial charge in [0.25, 0.3) is 0 Å². The molecule has 42 heavy (non-hydrogen) atoms. The highest BCUT2D eigenvalue weighted by atomic mass is 16.6. The molecule has 1 atom stereocenters. The number of benzene rings is 3. The van der Waals surface area contributed by atoms with E-state index in [9.17, 15) is 14.7 Å². The third-order valence-corrected chi connectivity index (χ3v) is 7.54. The molecule has 1 N–H and O–H groups in total.